The first-order chi connectivity index (χ1) is 20.4. The molecule has 0 saturated carbocycles. The number of aryl methyl sites for hydroxylation is 1. The number of hydrogen-bond donors (Lipinski definition) is 2. The maximum Gasteiger partial charge on any atom is 0.339 e. The Morgan fingerprint density at radius 2 is 1.23 bits per heavy atom. The first-order valence-electron chi connectivity index (χ1n) is 14.0. The maximum atomic E-state index is 11.2. The lowest BCUT2D eigenvalue weighted by molar-refractivity contribution is 0.0675. The molecular formula is C35H40O8. The molecule has 228 valence electrons. The van der Waals surface area contributed by atoms with Gasteiger partial charge in [-0.3, -0.25) is 0 Å². The summed E-state index contributed by atoms with van der Waals surface area (Å²) in [7, 11) is 3.02. The molecule has 0 radical (unpaired) electrons. The summed E-state index contributed by atoms with van der Waals surface area (Å²) in [4.78, 5) is 22.3. The van der Waals surface area contributed by atoms with Gasteiger partial charge < -0.3 is 29.2 Å². The highest BCUT2D eigenvalue weighted by Crippen LogP contribution is 2.34. The Kier molecular flexibility index (Phi) is 11.0. The zero-order valence-corrected chi connectivity index (χ0v) is 26.1. The van der Waals surface area contributed by atoms with E-state index < -0.39 is 11.9 Å². The van der Waals surface area contributed by atoms with Crippen LogP contribution in [0, 0.1) is 41.5 Å². The summed E-state index contributed by atoms with van der Waals surface area (Å²) in [5.74, 6) is 0.593. The summed E-state index contributed by atoms with van der Waals surface area (Å²) in [5.41, 5.74) is 4.71. The molecule has 4 rings (SSSR count). The third kappa shape index (κ3) is 7.38. The van der Waals surface area contributed by atoms with Gasteiger partial charge in [0, 0.05) is 17.5 Å². The SMILES string of the molecule is COc1c(C)c(C(=O)O)c(C)c(C)c1C(=O)O.COc1cc(C)c(C)c(OCCCOc2ccc3ccccc3c2)c1C. The van der Waals surface area contributed by atoms with Gasteiger partial charge in [-0.05, 0) is 92.8 Å². The number of ether oxygens (including phenoxy) is 4. The molecule has 0 aliphatic heterocycles. The predicted molar refractivity (Wildman–Crippen MR) is 168 cm³/mol. The third-order valence-electron chi connectivity index (χ3n) is 7.62. The minimum Gasteiger partial charge on any atom is -0.496 e. The van der Waals surface area contributed by atoms with Crippen LogP contribution in [0.4, 0.5) is 0 Å². The fraction of sp³-hybridized carbons (Fsp3) is 0.314. The van der Waals surface area contributed by atoms with E-state index in [1.54, 1.807) is 27.9 Å². The van der Waals surface area contributed by atoms with Crippen molar-refractivity contribution in [2.45, 2.75) is 48.0 Å². The van der Waals surface area contributed by atoms with Crippen LogP contribution < -0.4 is 18.9 Å². The molecule has 4 aromatic rings. The fourth-order valence-corrected chi connectivity index (χ4v) is 5.06. The van der Waals surface area contributed by atoms with Gasteiger partial charge in [-0.15, -0.1) is 0 Å². The van der Waals surface area contributed by atoms with Gasteiger partial charge in [-0.25, -0.2) is 9.59 Å². The molecule has 0 saturated heterocycles. The molecule has 8 nitrogen and oxygen atoms in total. The minimum absolute atomic E-state index is 0.0208. The van der Waals surface area contributed by atoms with Crippen molar-refractivity contribution in [2.24, 2.45) is 0 Å². The molecule has 0 amide bonds. The highest BCUT2D eigenvalue weighted by Gasteiger charge is 2.25. The van der Waals surface area contributed by atoms with Crippen molar-refractivity contribution in [3.63, 3.8) is 0 Å². The van der Waals surface area contributed by atoms with E-state index in [0.29, 0.717) is 29.9 Å². The van der Waals surface area contributed by atoms with Crippen LogP contribution in [0.3, 0.4) is 0 Å². The molecule has 0 aliphatic carbocycles. The maximum absolute atomic E-state index is 11.2. The lowest BCUT2D eigenvalue weighted by Crippen LogP contribution is -2.12. The molecule has 0 fully saturated rings. The van der Waals surface area contributed by atoms with Crippen LogP contribution in [0.1, 0.15) is 60.5 Å². The molecule has 4 aromatic carbocycles. The van der Waals surface area contributed by atoms with Crippen LogP contribution in [0.15, 0.2) is 48.5 Å². The average Bonchev–Trinajstić information content (AvgIpc) is 2.98. The lowest BCUT2D eigenvalue weighted by Gasteiger charge is -2.17. The number of hydrogen-bond acceptors (Lipinski definition) is 6. The molecule has 8 heteroatoms. The molecule has 0 aliphatic rings. The molecule has 0 heterocycles. The highest BCUT2D eigenvalue weighted by atomic mass is 16.5. The van der Waals surface area contributed by atoms with E-state index in [-0.39, 0.29) is 16.9 Å². The largest absolute Gasteiger partial charge is 0.496 e. The Morgan fingerprint density at radius 3 is 1.84 bits per heavy atom. The Balaban J connectivity index is 0.000000259. The third-order valence-corrected chi connectivity index (χ3v) is 7.62. The molecule has 0 aromatic heterocycles. The van der Waals surface area contributed by atoms with E-state index in [4.69, 9.17) is 29.2 Å². The summed E-state index contributed by atoms with van der Waals surface area (Å²) in [6, 6.07) is 16.5. The van der Waals surface area contributed by atoms with Crippen molar-refractivity contribution in [3.8, 4) is 23.0 Å². The Morgan fingerprint density at radius 1 is 0.628 bits per heavy atom. The van der Waals surface area contributed by atoms with Crippen LogP contribution in [0.25, 0.3) is 10.8 Å². The molecular weight excluding hydrogens is 548 g/mol. The summed E-state index contributed by atoms with van der Waals surface area (Å²) in [6.45, 7) is 12.1. The minimum atomic E-state index is -1.12. The summed E-state index contributed by atoms with van der Waals surface area (Å²) in [6.07, 6.45) is 0.821. The van der Waals surface area contributed by atoms with E-state index in [0.717, 1.165) is 29.2 Å². The molecule has 0 spiro atoms. The molecule has 0 unspecified atom stereocenters. The number of aromatic carboxylic acids is 2. The van der Waals surface area contributed by atoms with Crippen molar-refractivity contribution in [1.29, 1.82) is 0 Å². The quantitative estimate of drug-likeness (QED) is 0.182. The molecule has 43 heavy (non-hydrogen) atoms. The van der Waals surface area contributed by atoms with E-state index in [9.17, 15) is 9.59 Å². The predicted octanol–water partition coefficient (Wildman–Crippen LogP) is 7.64. The van der Waals surface area contributed by atoms with Crippen LogP contribution in [-0.4, -0.2) is 49.6 Å². The number of methoxy groups -OCH3 is 2. The fourth-order valence-electron chi connectivity index (χ4n) is 5.06. The molecule has 0 atom stereocenters. The van der Waals surface area contributed by atoms with E-state index in [1.807, 2.05) is 25.1 Å². The van der Waals surface area contributed by atoms with Crippen LogP contribution >= 0.6 is 0 Å². The summed E-state index contributed by atoms with van der Waals surface area (Å²) >= 11 is 0. The normalized spacial score (nSPS) is 10.5. The topological polar surface area (TPSA) is 112 Å². The van der Waals surface area contributed by atoms with Gasteiger partial charge in [0.1, 0.15) is 28.6 Å². The summed E-state index contributed by atoms with van der Waals surface area (Å²) < 4.78 is 22.4. The van der Waals surface area contributed by atoms with E-state index >= 15 is 0 Å². The van der Waals surface area contributed by atoms with Gasteiger partial charge in [0.2, 0.25) is 0 Å². The smallest absolute Gasteiger partial charge is 0.339 e. The monoisotopic (exact) mass is 588 g/mol. The number of benzene rings is 4. The van der Waals surface area contributed by atoms with Gasteiger partial charge in [0.05, 0.1) is 33.0 Å². The van der Waals surface area contributed by atoms with Crippen LogP contribution in [-0.2, 0) is 0 Å². The van der Waals surface area contributed by atoms with Gasteiger partial charge in [0.25, 0.3) is 0 Å². The van der Waals surface area contributed by atoms with Crippen molar-refractivity contribution < 1.29 is 38.7 Å². The standard InChI is InChI=1S/C23H26O3.C12H14O5/c1-16-14-22(24-4)18(3)23(17(16)2)26-13-7-12-25-21-11-10-19-8-5-6-9-20(19)15-21;1-5-6(2)9(12(15)16)10(17-4)7(3)8(5)11(13)14/h5-6,8-11,14-15H,7,12-13H2,1-4H3;1-4H3,(H,13,14)(H,15,16). The number of carbonyl (C=O) groups is 2. The Hall–Kier alpha value is -4.72. The molecule has 2 N–H and O–H groups in total. The average molecular weight is 589 g/mol. The van der Waals surface area contributed by atoms with Gasteiger partial charge in [-0.2, -0.15) is 0 Å². The second-order valence-corrected chi connectivity index (χ2v) is 10.3. The zero-order valence-electron chi connectivity index (χ0n) is 26.1. The second kappa shape index (κ2) is 14.4. The van der Waals surface area contributed by atoms with Gasteiger partial charge in [0.15, 0.2) is 0 Å². The van der Waals surface area contributed by atoms with Gasteiger partial charge >= 0.3 is 11.9 Å². The van der Waals surface area contributed by atoms with Crippen LogP contribution in [0.5, 0.6) is 23.0 Å². The van der Waals surface area contributed by atoms with Crippen molar-refractivity contribution in [3.05, 3.63) is 93.0 Å². The highest BCUT2D eigenvalue weighted by molar-refractivity contribution is 5.99. The Labute approximate surface area is 252 Å². The van der Waals surface area contributed by atoms with Crippen LogP contribution in [0.2, 0.25) is 0 Å². The Bertz CT molecular complexity index is 1640. The number of carboxylic acids is 2. The summed E-state index contributed by atoms with van der Waals surface area (Å²) in [5, 5.41) is 20.7. The first-order valence-corrected chi connectivity index (χ1v) is 14.0. The van der Waals surface area contributed by atoms with Crippen molar-refractivity contribution in [2.75, 3.05) is 27.4 Å². The van der Waals surface area contributed by atoms with Gasteiger partial charge in [-0.1, -0.05) is 30.3 Å². The first kappa shape index (κ1) is 32.8. The van der Waals surface area contributed by atoms with Crippen molar-refractivity contribution >= 4 is 22.7 Å². The second-order valence-electron chi connectivity index (χ2n) is 10.3. The zero-order chi connectivity index (χ0) is 31.8. The number of carboxylic acid groups (broad SMARTS) is 2. The van der Waals surface area contributed by atoms with E-state index in [2.05, 4.69) is 44.2 Å². The number of fused-ring (bicyclic) bond motifs is 1. The number of rotatable bonds is 10. The molecule has 0 bridgehead atoms. The van der Waals surface area contributed by atoms with Crippen molar-refractivity contribution in [1.82, 2.24) is 0 Å². The lowest BCUT2D eigenvalue weighted by atomic mass is 9.92. The van der Waals surface area contributed by atoms with E-state index in [1.165, 1.54) is 29.0 Å².